The molecule has 5 nitrogen and oxygen atoms in total. The molecule has 1 aliphatic rings. The van der Waals surface area contributed by atoms with E-state index in [2.05, 4.69) is 35.3 Å². The number of aryl methyl sites for hydroxylation is 1. The molecule has 0 bridgehead atoms. The van der Waals surface area contributed by atoms with E-state index in [4.69, 9.17) is 4.74 Å². The fourth-order valence-electron chi connectivity index (χ4n) is 5.30. The molecule has 1 fully saturated rings. The summed E-state index contributed by atoms with van der Waals surface area (Å²) in [6.07, 6.45) is 6.56. The van der Waals surface area contributed by atoms with Crippen molar-refractivity contribution in [3.05, 3.63) is 101 Å². The third-order valence-electron chi connectivity index (χ3n) is 7.50. The second-order valence-electron chi connectivity index (χ2n) is 10.2. The van der Waals surface area contributed by atoms with Crippen molar-refractivity contribution in [2.24, 2.45) is 0 Å². The molecule has 0 radical (unpaired) electrons. The van der Waals surface area contributed by atoms with Crippen LogP contribution < -0.4 is 10.1 Å². The topological polar surface area (TPSA) is 58.6 Å². The van der Waals surface area contributed by atoms with Gasteiger partial charge >= 0.3 is 0 Å². The lowest BCUT2D eigenvalue weighted by atomic mass is 9.88. The first kappa shape index (κ1) is 27.6. The van der Waals surface area contributed by atoms with Crippen LogP contribution in [0.3, 0.4) is 0 Å². The Bertz CT molecular complexity index is 1180. The van der Waals surface area contributed by atoms with Crippen LogP contribution in [0.4, 0.5) is 0 Å². The number of ketones is 1. The van der Waals surface area contributed by atoms with Gasteiger partial charge in [0.25, 0.3) is 5.91 Å². The zero-order valence-corrected chi connectivity index (χ0v) is 22.7. The number of likely N-dealkylation sites (tertiary alicyclic amines) is 1. The van der Waals surface area contributed by atoms with Crippen LogP contribution in [-0.2, 0) is 6.42 Å². The Morgan fingerprint density at radius 3 is 2.26 bits per heavy atom. The summed E-state index contributed by atoms with van der Waals surface area (Å²) < 4.78 is 5.73. The minimum absolute atomic E-state index is 0.0365. The lowest BCUT2D eigenvalue weighted by molar-refractivity contribution is 0.0950. The number of rotatable bonds is 12. The second kappa shape index (κ2) is 13.9. The highest BCUT2D eigenvalue weighted by Crippen LogP contribution is 2.35. The third kappa shape index (κ3) is 7.32. The lowest BCUT2D eigenvalue weighted by Gasteiger charge is -2.32. The van der Waals surface area contributed by atoms with Crippen molar-refractivity contribution in [1.82, 2.24) is 10.2 Å². The van der Waals surface area contributed by atoms with E-state index >= 15 is 0 Å². The van der Waals surface area contributed by atoms with E-state index < -0.39 is 0 Å². The Balaban J connectivity index is 1.15. The summed E-state index contributed by atoms with van der Waals surface area (Å²) in [7, 11) is 1.78. The molecule has 3 aromatic rings. The Morgan fingerprint density at radius 2 is 1.58 bits per heavy atom. The molecule has 3 aromatic carbocycles. The van der Waals surface area contributed by atoms with Crippen molar-refractivity contribution < 1.29 is 14.3 Å². The Morgan fingerprint density at radius 1 is 0.895 bits per heavy atom. The summed E-state index contributed by atoms with van der Waals surface area (Å²) in [5.74, 6) is 1.47. The molecule has 4 rings (SSSR count). The maximum absolute atomic E-state index is 12.5. The van der Waals surface area contributed by atoms with Gasteiger partial charge in [0.05, 0.1) is 7.11 Å². The maximum atomic E-state index is 12.5. The minimum Gasteiger partial charge on any atom is -0.496 e. The Hall–Kier alpha value is -3.44. The summed E-state index contributed by atoms with van der Waals surface area (Å²) in [5, 5.41) is 3.02. The first-order valence-corrected chi connectivity index (χ1v) is 14.0. The molecular formula is C33H40N2O3. The molecular weight excluding hydrogens is 472 g/mol. The van der Waals surface area contributed by atoms with E-state index in [0.717, 1.165) is 63.9 Å². The van der Waals surface area contributed by atoms with Crippen LogP contribution in [0.5, 0.6) is 5.75 Å². The quantitative estimate of drug-likeness (QED) is 0.230. The Kier molecular flexibility index (Phi) is 10.1. The molecule has 200 valence electrons. The van der Waals surface area contributed by atoms with Gasteiger partial charge in [0.1, 0.15) is 5.75 Å². The van der Waals surface area contributed by atoms with E-state index in [-0.39, 0.29) is 11.7 Å². The van der Waals surface area contributed by atoms with Crippen molar-refractivity contribution >= 4 is 11.7 Å². The van der Waals surface area contributed by atoms with E-state index in [1.54, 1.807) is 43.5 Å². The fraction of sp³-hybridized carbons (Fsp3) is 0.394. The van der Waals surface area contributed by atoms with Gasteiger partial charge in [-0.2, -0.15) is 0 Å². The molecule has 0 unspecified atom stereocenters. The average molecular weight is 513 g/mol. The van der Waals surface area contributed by atoms with E-state index in [1.165, 1.54) is 11.1 Å². The number of benzene rings is 3. The first-order chi connectivity index (χ1) is 18.6. The van der Waals surface area contributed by atoms with Crippen LogP contribution in [0.2, 0.25) is 0 Å². The van der Waals surface area contributed by atoms with Gasteiger partial charge in [-0.3, -0.25) is 9.59 Å². The normalized spacial score (nSPS) is 14.3. The van der Waals surface area contributed by atoms with Gasteiger partial charge < -0.3 is 15.0 Å². The number of nitrogens with zero attached hydrogens (tertiary/aromatic N) is 1. The van der Waals surface area contributed by atoms with Gasteiger partial charge in [-0.15, -0.1) is 0 Å². The Labute approximate surface area is 227 Å². The fourth-order valence-corrected chi connectivity index (χ4v) is 5.30. The molecule has 0 aliphatic carbocycles. The summed E-state index contributed by atoms with van der Waals surface area (Å²) in [6, 6.07) is 22.8. The number of unbranched alkanes of at least 4 members (excludes halogenated alkanes) is 1. The number of carbonyl (C=O) groups excluding carboxylic acids is 2. The van der Waals surface area contributed by atoms with Crippen LogP contribution in [0, 0.1) is 0 Å². The monoisotopic (exact) mass is 512 g/mol. The summed E-state index contributed by atoms with van der Waals surface area (Å²) in [5.41, 5.74) is 4.52. The lowest BCUT2D eigenvalue weighted by Crippen LogP contribution is -2.34. The van der Waals surface area contributed by atoms with Gasteiger partial charge in [-0.25, -0.2) is 0 Å². The SMILES string of the molecule is CCCc1ccc(C2CCN(CCCCNC(=O)c3ccc(C(=O)c4ccccc4)cc3)CC2)c(OC)c1. The van der Waals surface area contributed by atoms with E-state index in [0.29, 0.717) is 29.2 Å². The van der Waals surface area contributed by atoms with Gasteiger partial charge in [0.2, 0.25) is 0 Å². The molecule has 1 saturated heterocycles. The number of methoxy groups -OCH3 is 1. The van der Waals surface area contributed by atoms with Crippen molar-refractivity contribution in [2.45, 2.75) is 51.4 Å². The van der Waals surface area contributed by atoms with Crippen molar-refractivity contribution in [2.75, 3.05) is 33.3 Å². The molecule has 1 amide bonds. The standard InChI is InChI=1S/C33H40N2O3/c1-3-9-25-12-17-30(31(24-25)38-2)26-18-22-35(23-19-26)21-8-7-20-34-33(37)29-15-13-28(14-16-29)32(36)27-10-5-4-6-11-27/h4-6,10-17,24,26H,3,7-9,18-23H2,1-2H3,(H,34,37). The predicted octanol–water partition coefficient (Wildman–Crippen LogP) is 6.27. The number of hydrogen-bond donors (Lipinski definition) is 1. The molecule has 0 spiro atoms. The van der Waals surface area contributed by atoms with Gasteiger partial charge in [-0.05, 0) is 87.0 Å². The second-order valence-corrected chi connectivity index (χ2v) is 10.2. The molecule has 1 N–H and O–H groups in total. The highest BCUT2D eigenvalue weighted by molar-refractivity contribution is 6.09. The van der Waals surface area contributed by atoms with Crippen molar-refractivity contribution in [3.63, 3.8) is 0 Å². The highest BCUT2D eigenvalue weighted by atomic mass is 16.5. The number of hydrogen-bond acceptors (Lipinski definition) is 4. The highest BCUT2D eigenvalue weighted by Gasteiger charge is 2.23. The molecule has 0 atom stereocenters. The molecule has 1 aliphatic heterocycles. The summed E-state index contributed by atoms with van der Waals surface area (Å²) in [4.78, 5) is 27.6. The predicted molar refractivity (Wildman–Crippen MR) is 153 cm³/mol. The van der Waals surface area contributed by atoms with Crippen LogP contribution in [-0.4, -0.2) is 49.9 Å². The van der Waals surface area contributed by atoms with E-state index in [1.807, 2.05) is 18.2 Å². The zero-order chi connectivity index (χ0) is 26.7. The average Bonchev–Trinajstić information content (AvgIpc) is 2.97. The summed E-state index contributed by atoms with van der Waals surface area (Å²) in [6.45, 7) is 6.13. The largest absolute Gasteiger partial charge is 0.496 e. The van der Waals surface area contributed by atoms with Crippen LogP contribution >= 0.6 is 0 Å². The number of nitrogens with one attached hydrogen (secondary N) is 1. The zero-order valence-electron chi connectivity index (χ0n) is 22.7. The number of carbonyl (C=O) groups is 2. The van der Waals surface area contributed by atoms with Crippen LogP contribution in [0.15, 0.2) is 72.8 Å². The van der Waals surface area contributed by atoms with Gasteiger partial charge in [-0.1, -0.05) is 67.9 Å². The number of amides is 1. The van der Waals surface area contributed by atoms with Crippen molar-refractivity contribution in [1.29, 1.82) is 0 Å². The maximum Gasteiger partial charge on any atom is 0.251 e. The molecule has 38 heavy (non-hydrogen) atoms. The molecule has 0 aromatic heterocycles. The van der Waals surface area contributed by atoms with Crippen molar-refractivity contribution in [3.8, 4) is 5.75 Å². The van der Waals surface area contributed by atoms with E-state index in [9.17, 15) is 9.59 Å². The molecule has 5 heteroatoms. The summed E-state index contributed by atoms with van der Waals surface area (Å²) >= 11 is 0. The number of piperidine rings is 1. The van der Waals surface area contributed by atoms with Crippen LogP contribution in [0.1, 0.15) is 82.4 Å². The third-order valence-corrected chi connectivity index (χ3v) is 7.50. The van der Waals surface area contributed by atoms with Crippen LogP contribution in [0.25, 0.3) is 0 Å². The van der Waals surface area contributed by atoms with Gasteiger partial charge in [0, 0.05) is 23.2 Å². The molecule has 0 saturated carbocycles. The molecule has 1 heterocycles. The number of ether oxygens (including phenoxy) is 1. The minimum atomic E-state index is -0.0940. The first-order valence-electron chi connectivity index (χ1n) is 14.0. The smallest absolute Gasteiger partial charge is 0.251 e. The van der Waals surface area contributed by atoms with Gasteiger partial charge in [0.15, 0.2) is 5.78 Å².